The molecule has 0 aromatic rings. The molecule has 0 heterocycles. The zero-order valence-electron chi connectivity index (χ0n) is 31.3. The molecule has 0 saturated heterocycles. The molecule has 278 valence electrons. The molecule has 0 saturated carbocycles. The molecule has 0 aromatic carbocycles. The zero-order valence-corrected chi connectivity index (χ0v) is 36.7. The van der Waals surface area contributed by atoms with Crippen molar-refractivity contribution in [1.82, 2.24) is 0 Å². The fraction of sp³-hybridized carbons (Fsp3) is 0.919. The predicted octanol–water partition coefficient (Wildman–Crippen LogP) is 11.1. The van der Waals surface area contributed by atoms with E-state index in [-0.39, 0.29) is 17.9 Å². The molecule has 0 spiro atoms. The van der Waals surface area contributed by atoms with Crippen molar-refractivity contribution < 1.29 is 28.6 Å². The Balaban J connectivity index is 5.11. The van der Waals surface area contributed by atoms with Crippen LogP contribution in [0.4, 0.5) is 0 Å². The number of carbonyl (C=O) groups is 3. The van der Waals surface area contributed by atoms with Gasteiger partial charge in [-0.2, -0.15) is 0 Å². The van der Waals surface area contributed by atoms with Crippen molar-refractivity contribution in [3.63, 3.8) is 0 Å². The summed E-state index contributed by atoms with van der Waals surface area (Å²) < 4.78 is 18.6. The monoisotopic (exact) mass is 828 g/mol. The average molecular weight is 828 g/mol. The maximum absolute atomic E-state index is 13.0. The van der Waals surface area contributed by atoms with Crippen LogP contribution in [0.15, 0.2) is 0 Å². The van der Waals surface area contributed by atoms with Crippen molar-refractivity contribution >= 4 is 64.0 Å². The van der Waals surface area contributed by atoms with E-state index >= 15 is 0 Å². The predicted molar refractivity (Wildman–Crippen MR) is 210 cm³/mol. The molecule has 6 nitrogen and oxygen atoms in total. The number of esters is 3. The summed E-state index contributed by atoms with van der Waals surface area (Å²) in [6.07, 6.45) is 16.0. The molecule has 10 heteroatoms. The Hall–Kier alpha value is 0.259. The van der Waals surface area contributed by atoms with Crippen LogP contribution in [0.5, 0.6) is 0 Å². The molecular formula is C37H72O6S3Sn. The van der Waals surface area contributed by atoms with Gasteiger partial charge < -0.3 is 0 Å². The van der Waals surface area contributed by atoms with Crippen molar-refractivity contribution in [1.29, 1.82) is 0 Å². The number of thiol groups is 1. The third-order valence-corrected chi connectivity index (χ3v) is 39.7. The van der Waals surface area contributed by atoms with Gasteiger partial charge in [0, 0.05) is 0 Å². The molecule has 0 aliphatic carbocycles. The molecule has 0 radical (unpaired) electrons. The Morgan fingerprint density at radius 2 is 1.00 bits per heavy atom. The summed E-state index contributed by atoms with van der Waals surface area (Å²) in [4.78, 5) is 38.2. The van der Waals surface area contributed by atoms with E-state index in [1.54, 1.807) is 0 Å². The van der Waals surface area contributed by atoms with Crippen molar-refractivity contribution in [2.75, 3.05) is 31.3 Å². The second kappa shape index (κ2) is 31.0. The first-order chi connectivity index (χ1) is 22.4. The zero-order chi connectivity index (χ0) is 35.3. The molecule has 0 bridgehead atoms. The standard InChI is InChI=1S/C11H21O2S.2C11H22O2S.C4H9.Sn/c1-9(2)7-5-4-6-8-13-11(12)10(3)14;2*1-10(2)6-4-3-5-8-13-11(12)7-9-14;1-3-4-2;/h9-10,14H,3-8H2,1-2H3;2*10,14H,3-9H2,1-2H3;1,3-4H2,2H3;/q;;;;+2/p-2. The van der Waals surface area contributed by atoms with E-state index in [0.717, 1.165) is 66.7 Å². The first-order valence-corrected chi connectivity index (χ1v) is 32.4. The van der Waals surface area contributed by atoms with Gasteiger partial charge >= 0.3 is 307 Å². The fourth-order valence-electron chi connectivity index (χ4n) is 5.15. The van der Waals surface area contributed by atoms with Gasteiger partial charge in [0.2, 0.25) is 0 Å². The molecular weight excluding hydrogens is 755 g/mol. The summed E-state index contributed by atoms with van der Waals surface area (Å²) >= 11 is 1.60. The number of unbranched alkanes of at least 4 members (excludes halogenated alkanes) is 7. The van der Waals surface area contributed by atoms with Crippen LogP contribution in [0, 0.1) is 17.8 Å². The van der Waals surface area contributed by atoms with Gasteiger partial charge in [-0.3, -0.25) is 0 Å². The third-order valence-electron chi connectivity index (χ3n) is 8.08. The normalized spacial score (nSPS) is 12.6. The van der Waals surface area contributed by atoms with Crippen LogP contribution in [-0.2, 0) is 28.6 Å². The molecule has 0 rings (SSSR count). The Bertz CT molecular complexity index is 758. The van der Waals surface area contributed by atoms with Gasteiger partial charge in [0.15, 0.2) is 0 Å². The van der Waals surface area contributed by atoms with Crippen LogP contribution < -0.4 is 0 Å². The van der Waals surface area contributed by atoms with Gasteiger partial charge in [-0.15, -0.1) is 0 Å². The van der Waals surface area contributed by atoms with Crippen LogP contribution in [0.2, 0.25) is 8.87 Å². The van der Waals surface area contributed by atoms with Crippen LogP contribution in [0.25, 0.3) is 0 Å². The van der Waals surface area contributed by atoms with Gasteiger partial charge in [-0.05, 0) is 0 Å². The van der Waals surface area contributed by atoms with Gasteiger partial charge in [-0.25, -0.2) is 0 Å². The van der Waals surface area contributed by atoms with E-state index in [1.807, 2.05) is 17.9 Å². The molecule has 0 fully saturated rings. The summed E-state index contributed by atoms with van der Waals surface area (Å²) in [5.74, 6) is 2.97. The van der Waals surface area contributed by atoms with E-state index in [2.05, 4.69) is 48.5 Å². The molecule has 0 aliphatic rings. The van der Waals surface area contributed by atoms with Crippen LogP contribution in [-0.4, -0.2) is 70.1 Å². The van der Waals surface area contributed by atoms with E-state index < -0.39 is 20.9 Å². The summed E-state index contributed by atoms with van der Waals surface area (Å²) in [6.45, 7) is 17.0. The van der Waals surface area contributed by atoms with E-state index in [4.69, 9.17) is 26.8 Å². The first-order valence-electron chi connectivity index (χ1n) is 18.8. The summed E-state index contributed by atoms with van der Waals surface area (Å²) in [7, 11) is 3.83. The van der Waals surface area contributed by atoms with Gasteiger partial charge in [-0.1, -0.05) is 0 Å². The van der Waals surface area contributed by atoms with Crippen molar-refractivity contribution in [2.45, 2.75) is 165 Å². The Morgan fingerprint density at radius 3 is 1.38 bits per heavy atom. The average Bonchev–Trinajstić information content (AvgIpc) is 3.00. The molecule has 1 atom stereocenters. The van der Waals surface area contributed by atoms with Crippen LogP contribution in [0.1, 0.15) is 151 Å². The van der Waals surface area contributed by atoms with Crippen LogP contribution in [0.3, 0.4) is 0 Å². The molecule has 0 aromatic heterocycles. The third kappa shape index (κ3) is 29.7. The molecule has 47 heavy (non-hydrogen) atoms. The number of hydrogen-bond donors (Lipinski definition) is 1. The minimum atomic E-state index is -3.18. The summed E-state index contributed by atoms with van der Waals surface area (Å²) in [5, 5.41) is -0.478. The Kier molecular flexibility index (Phi) is 31.2. The number of hydrogen-bond acceptors (Lipinski definition) is 9. The van der Waals surface area contributed by atoms with Gasteiger partial charge in [0.1, 0.15) is 0 Å². The summed E-state index contributed by atoms with van der Waals surface area (Å²) in [5.41, 5.74) is 0. The first kappa shape index (κ1) is 47.3. The topological polar surface area (TPSA) is 78.9 Å². The second-order valence-electron chi connectivity index (χ2n) is 14.3. The molecule has 0 N–H and O–H groups in total. The Morgan fingerprint density at radius 1 is 0.596 bits per heavy atom. The molecule has 0 amide bonds. The SMILES string of the molecule is CCC[CH2][Sn]([CH2]C(S)C(=O)OCCCCCC(C)C)([S]CCC(=O)OCCCCCC(C)C)[S]CCC(=O)OCCCCCC(C)C. The van der Waals surface area contributed by atoms with Gasteiger partial charge in [0.05, 0.1) is 0 Å². The van der Waals surface area contributed by atoms with Crippen molar-refractivity contribution in [3.05, 3.63) is 0 Å². The van der Waals surface area contributed by atoms with E-state index in [9.17, 15) is 14.4 Å². The van der Waals surface area contributed by atoms with Crippen molar-refractivity contribution in [2.24, 2.45) is 17.8 Å². The molecule has 0 aliphatic heterocycles. The van der Waals surface area contributed by atoms with E-state index in [1.165, 1.54) is 32.1 Å². The van der Waals surface area contributed by atoms with Gasteiger partial charge in [0.25, 0.3) is 0 Å². The second-order valence-corrected chi connectivity index (χ2v) is 41.2. The Labute approximate surface area is 305 Å². The minimum absolute atomic E-state index is 0.140. The number of rotatable bonds is 32. The molecule has 1 unspecified atom stereocenters. The van der Waals surface area contributed by atoms with E-state index in [0.29, 0.717) is 61.9 Å². The van der Waals surface area contributed by atoms with Crippen molar-refractivity contribution in [3.8, 4) is 0 Å². The quantitative estimate of drug-likeness (QED) is 0.0236. The number of carbonyl (C=O) groups excluding carboxylic acids is 3. The fourth-order valence-corrected chi connectivity index (χ4v) is 38.7. The summed E-state index contributed by atoms with van der Waals surface area (Å²) in [6, 6.07) is 0. The van der Waals surface area contributed by atoms with Crippen LogP contribution >= 0.6 is 30.5 Å². The maximum atomic E-state index is 13.0. The number of ether oxygens (including phenoxy) is 3.